The van der Waals surface area contributed by atoms with Crippen LogP contribution in [0.4, 0.5) is 0 Å². The van der Waals surface area contributed by atoms with E-state index in [9.17, 15) is 14.7 Å². The SMILES string of the molecule is O=C(c1ccc(Br)o1)c1ccc2n1CCCC2C(=O)O. The van der Waals surface area contributed by atoms with Crippen molar-refractivity contribution in [2.75, 3.05) is 0 Å². The van der Waals surface area contributed by atoms with Gasteiger partial charge >= 0.3 is 5.97 Å². The number of carboxylic acids is 1. The summed E-state index contributed by atoms with van der Waals surface area (Å²) in [4.78, 5) is 23.6. The molecule has 0 amide bonds. The Bertz CT molecular complexity index is 685. The Labute approximate surface area is 123 Å². The largest absolute Gasteiger partial charge is 0.481 e. The van der Waals surface area contributed by atoms with E-state index >= 15 is 0 Å². The molecule has 1 aliphatic rings. The van der Waals surface area contributed by atoms with Crippen LogP contribution in [0.5, 0.6) is 0 Å². The van der Waals surface area contributed by atoms with Gasteiger partial charge in [0.15, 0.2) is 10.4 Å². The fraction of sp³-hybridized carbons (Fsp3) is 0.286. The monoisotopic (exact) mass is 337 g/mol. The average molecular weight is 338 g/mol. The zero-order valence-electron chi connectivity index (χ0n) is 10.5. The highest BCUT2D eigenvalue weighted by molar-refractivity contribution is 9.10. The van der Waals surface area contributed by atoms with Gasteiger partial charge in [0.1, 0.15) is 0 Å². The summed E-state index contributed by atoms with van der Waals surface area (Å²) in [6, 6.07) is 6.66. The molecule has 0 fully saturated rings. The minimum Gasteiger partial charge on any atom is -0.481 e. The minimum atomic E-state index is -0.844. The lowest BCUT2D eigenvalue weighted by Crippen LogP contribution is -2.23. The molecule has 0 saturated carbocycles. The highest BCUT2D eigenvalue weighted by Gasteiger charge is 2.30. The second kappa shape index (κ2) is 4.94. The molecule has 6 heteroatoms. The molecule has 2 aromatic heterocycles. The number of hydrogen-bond acceptors (Lipinski definition) is 3. The molecule has 0 bridgehead atoms. The van der Waals surface area contributed by atoms with Crippen molar-refractivity contribution in [2.45, 2.75) is 25.3 Å². The summed E-state index contributed by atoms with van der Waals surface area (Å²) in [6.45, 7) is 0.662. The Kier molecular flexibility index (Phi) is 3.25. The Balaban J connectivity index is 2.00. The first-order valence-corrected chi connectivity index (χ1v) is 7.09. The number of hydrogen-bond donors (Lipinski definition) is 1. The van der Waals surface area contributed by atoms with Crippen molar-refractivity contribution in [3.63, 3.8) is 0 Å². The number of furan rings is 1. The van der Waals surface area contributed by atoms with Crippen molar-refractivity contribution in [3.8, 4) is 0 Å². The number of carbonyl (C=O) groups is 2. The zero-order valence-corrected chi connectivity index (χ0v) is 12.1. The van der Waals surface area contributed by atoms with Crippen molar-refractivity contribution in [1.29, 1.82) is 0 Å². The van der Waals surface area contributed by atoms with Crippen LogP contribution in [0.3, 0.4) is 0 Å². The minimum absolute atomic E-state index is 0.229. The highest BCUT2D eigenvalue weighted by atomic mass is 79.9. The molecule has 0 saturated heterocycles. The molecule has 3 heterocycles. The van der Waals surface area contributed by atoms with E-state index in [4.69, 9.17) is 4.42 Å². The first-order valence-electron chi connectivity index (χ1n) is 6.30. The van der Waals surface area contributed by atoms with Gasteiger partial charge in [-0.05, 0) is 53.0 Å². The van der Waals surface area contributed by atoms with Gasteiger partial charge in [-0.25, -0.2) is 0 Å². The number of nitrogens with zero attached hydrogens (tertiary/aromatic N) is 1. The molecule has 1 atom stereocenters. The third-order valence-electron chi connectivity index (χ3n) is 3.57. The van der Waals surface area contributed by atoms with Crippen molar-refractivity contribution in [2.24, 2.45) is 0 Å². The van der Waals surface area contributed by atoms with Gasteiger partial charge in [-0.2, -0.15) is 0 Å². The maximum absolute atomic E-state index is 12.4. The van der Waals surface area contributed by atoms with E-state index in [-0.39, 0.29) is 11.5 Å². The first-order chi connectivity index (χ1) is 9.58. The quantitative estimate of drug-likeness (QED) is 0.873. The first kappa shape index (κ1) is 13.2. The second-order valence-corrected chi connectivity index (χ2v) is 5.54. The second-order valence-electron chi connectivity index (χ2n) is 4.76. The molecule has 1 unspecified atom stereocenters. The van der Waals surface area contributed by atoms with Gasteiger partial charge in [-0.15, -0.1) is 0 Å². The fourth-order valence-electron chi connectivity index (χ4n) is 2.65. The normalized spacial score (nSPS) is 17.8. The third-order valence-corrected chi connectivity index (χ3v) is 4.00. The van der Waals surface area contributed by atoms with E-state index in [1.165, 1.54) is 0 Å². The zero-order chi connectivity index (χ0) is 14.3. The number of aliphatic carboxylic acids is 1. The molecular weight excluding hydrogens is 326 g/mol. The van der Waals surface area contributed by atoms with E-state index in [1.54, 1.807) is 28.8 Å². The molecule has 1 N–H and O–H groups in total. The predicted molar refractivity (Wildman–Crippen MR) is 73.9 cm³/mol. The van der Waals surface area contributed by atoms with Crippen LogP contribution < -0.4 is 0 Å². The summed E-state index contributed by atoms with van der Waals surface area (Å²) in [7, 11) is 0. The number of ketones is 1. The van der Waals surface area contributed by atoms with Gasteiger partial charge in [-0.1, -0.05) is 0 Å². The maximum Gasteiger partial charge on any atom is 0.312 e. The Morgan fingerprint density at radius 3 is 2.75 bits per heavy atom. The van der Waals surface area contributed by atoms with Crippen LogP contribution in [-0.2, 0) is 11.3 Å². The Morgan fingerprint density at radius 2 is 2.10 bits per heavy atom. The van der Waals surface area contributed by atoms with Crippen LogP contribution in [0.25, 0.3) is 0 Å². The molecule has 20 heavy (non-hydrogen) atoms. The van der Waals surface area contributed by atoms with Crippen LogP contribution in [0.2, 0.25) is 0 Å². The summed E-state index contributed by atoms with van der Waals surface area (Å²) in [5.74, 6) is -1.36. The number of carbonyl (C=O) groups excluding carboxylic acids is 1. The summed E-state index contributed by atoms with van der Waals surface area (Å²) in [6.07, 6.45) is 1.36. The molecule has 0 radical (unpaired) electrons. The summed E-state index contributed by atoms with van der Waals surface area (Å²) in [5, 5.41) is 9.23. The fourth-order valence-corrected chi connectivity index (χ4v) is 2.96. The molecule has 104 valence electrons. The smallest absolute Gasteiger partial charge is 0.312 e. The van der Waals surface area contributed by atoms with E-state index in [0.717, 1.165) is 6.42 Å². The molecule has 2 aromatic rings. The number of rotatable bonds is 3. The van der Waals surface area contributed by atoms with Crippen molar-refractivity contribution >= 4 is 27.7 Å². The molecular formula is C14H12BrNO4. The van der Waals surface area contributed by atoms with E-state index in [0.29, 0.717) is 29.0 Å². The number of aromatic nitrogens is 1. The number of carboxylic acid groups (broad SMARTS) is 1. The Morgan fingerprint density at radius 1 is 1.30 bits per heavy atom. The molecule has 0 aromatic carbocycles. The molecule has 3 rings (SSSR count). The maximum atomic E-state index is 12.4. The van der Waals surface area contributed by atoms with Gasteiger partial charge in [0.25, 0.3) is 0 Å². The van der Waals surface area contributed by atoms with E-state index < -0.39 is 11.9 Å². The molecule has 5 nitrogen and oxygen atoms in total. The topological polar surface area (TPSA) is 72.4 Å². The highest BCUT2D eigenvalue weighted by Crippen LogP contribution is 2.30. The van der Waals surface area contributed by atoms with Crippen molar-refractivity contribution < 1.29 is 19.1 Å². The lowest BCUT2D eigenvalue weighted by atomic mass is 9.96. The van der Waals surface area contributed by atoms with E-state index in [1.807, 2.05) is 0 Å². The number of fused-ring (bicyclic) bond motifs is 1. The predicted octanol–water partition coefficient (Wildman–Crippen LogP) is 3.04. The van der Waals surface area contributed by atoms with Gasteiger partial charge in [0, 0.05) is 12.2 Å². The van der Waals surface area contributed by atoms with Gasteiger partial charge in [0.05, 0.1) is 11.6 Å². The third kappa shape index (κ3) is 2.10. The standard InChI is InChI=1S/C14H12BrNO4/c15-12-6-5-11(20-12)13(17)10-4-3-9-8(14(18)19)2-1-7-16(9)10/h3-6,8H,1-2,7H2,(H,18,19). The summed E-state index contributed by atoms with van der Waals surface area (Å²) in [5.41, 5.74) is 1.17. The van der Waals surface area contributed by atoms with Crippen molar-refractivity contribution in [3.05, 3.63) is 46.1 Å². The van der Waals surface area contributed by atoms with Crippen LogP contribution in [0, 0.1) is 0 Å². The van der Waals surface area contributed by atoms with Gasteiger partial charge in [0.2, 0.25) is 5.78 Å². The number of halogens is 1. The van der Waals surface area contributed by atoms with E-state index in [2.05, 4.69) is 15.9 Å². The molecule has 0 spiro atoms. The van der Waals surface area contributed by atoms with Gasteiger partial charge < -0.3 is 14.1 Å². The molecule has 0 aliphatic carbocycles. The van der Waals surface area contributed by atoms with Crippen LogP contribution in [0.1, 0.15) is 40.7 Å². The summed E-state index contributed by atoms with van der Waals surface area (Å²) < 4.78 is 7.56. The lowest BCUT2D eigenvalue weighted by Gasteiger charge is -2.22. The lowest BCUT2D eigenvalue weighted by molar-refractivity contribution is -0.139. The summed E-state index contributed by atoms with van der Waals surface area (Å²) >= 11 is 3.16. The Hall–Kier alpha value is -1.82. The van der Waals surface area contributed by atoms with Crippen LogP contribution in [0.15, 0.2) is 33.4 Å². The molecule has 1 aliphatic heterocycles. The van der Waals surface area contributed by atoms with Crippen molar-refractivity contribution in [1.82, 2.24) is 4.57 Å². The van der Waals surface area contributed by atoms with Gasteiger partial charge in [-0.3, -0.25) is 9.59 Å². The van der Waals surface area contributed by atoms with Crippen LogP contribution in [-0.4, -0.2) is 21.4 Å². The average Bonchev–Trinajstić information content (AvgIpc) is 3.03. The van der Waals surface area contributed by atoms with Crippen LogP contribution >= 0.6 is 15.9 Å².